The monoisotopic (exact) mass is 244 g/mol. The van der Waals surface area contributed by atoms with E-state index in [0.29, 0.717) is 6.61 Å². The molecule has 0 amide bonds. The van der Waals surface area contributed by atoms with Gasteiger partial charge in [0.05, 0.1) is 0 Å². The van der Waals surface area contributed by atoms with Gasteiger partial charge in [-0.25, -0.2) is 4.79 Å². The molecule has 17 heavy (non-hydrogen) atoms. The molecule has 0 spiro atoms. The van der Waals surface area contributed by atoms with E-state index in [9.17, 15) is 4.79 Å². The number of carbonyl (C=O) groups excluding carboxylic acids is 1. The molecule has 2 aromatic rings. The lowest BCUT2D eigenvalue weighted by molar-refractivity contribution is 0.168. The van der Waals surface area contributed by atoms with Crippen molar-refractivity contribution in [2.45, 2.75) is 11.5 Å². The minimum Gasteiger partial charge on any atom is -0.452 e. The molecule has 0 atom stereocenters. The van der Waals surface area contributed by atoms with Crippen molar-refractivity contribution in [3.8, 4) is 0 Å². The molecule has 3 heteroatoms. The number of hydrogen-bond donors (Lipinski definition) is 0. The number of carbonyl (C=O) groups is 1. The van der Waals surface area contributed by atoms with E-state index in [1.54, 1.807) is 0 Å². The molecule has 2 rings (SSSR count). The summed E-state index contributed by atoms with van der Waals surface area (Å²) in [5.74, 6) is 0. The van der Waals surface area contributed by atoms with Crippen molar-refractivity contribution in [3.05, 3.63) is 66.2 Å². The van der Waals surface area contributed by atoms with Crippen molar-refractivity contribution in [3.63, 3.8) is 0 Å². The Morgan fingerprint density at radius 2 is 1.53 bits per heavy atom. The van der Waals surface area contributed by atoms with Gasteiger partial charge in [0.1, 0.15) is 6.61 Å². The first-order chi connectivity index (χ1) is 8.34. The Morgan fingerprint density at radius 1 is 0.941 bits per heavy atom. The number of rotatable bonds is 3. The summed E-state index contributed by atoms with van der Waals surface area (Å²) in [7, 11) is 0. The molecule has 0 fully saturated rings. The predicted molar refractivity (Wildman–Crippen MR) is 68.9 cm³/mol. The first-order valence-corrected chi connectivity index (χ1v) is 6.10. The molecule has 0 heterocycles. The largest absolute Gasteiger partial charge is 0.452 e. The fourth-order valence-electron chi connectivity index (χ4n) is 1.33. The van der Waals surface area contributed by atoms with Gasteiger partial charge < -0.3 is 4.74 Å². The molecule has 0 saturated heterocycles. The van der Waals surface area contributed by atoms with E-state index in [2.05, 4.69) is 0 Å². The smallest absolute Gasteiger partial charge is 0.372 e. The Balaban J connectivity index is 1.83. The number of hydrogen-bond acceptors (Lipinski definition) is 3. The van der Waals surface area contributed by atoms with Gasteiger partial charge in [-0.05, 0) is 29.5 Å². The highest BCUT2D eigenvalue weighted by Crippen LogP contribution is 2.20. The first-order valence-electron chi connectivity index (χ1n) is 5.28. The summed E-state index contributed by atoms with van der Waals surface area (Å²) in [4.78, 5) is 12.4. The van der Waals surface area contributed by atoms with Gasteiger partial charge in [0.2, 0.25) is 0 Å². The van der Waals surface area contributed by atoms with Crippen LogP contribution in [0.4, 0.5) is 4.79 Å². The second kappa shape index (κ2) is 6.11. The van der Waals surface area contributed by atoms with Crippen molar-refractivity contribution in [2.24, 2.45) is 0 Å². The fourth-order valence-corrected chi connectivity index (χ4v) is 1.93. The van der Waals surface area contributed by atoms with Crippen molar-refractivity contribution in [1.29, 1.82) is 0 Å². The molecule has 0 N–H and O–H groups in total. The van der Waals surface area contributed by atoms with Gasteiger partial charge >= 0.3 is 5.30 Å². The van der Waals surface area contributed by atoms with Crippen molar-refractivity contribution >= 4 is 17.1 Å². The van der Waals surface area contributed by atoms with Crippen molar-refractivity contribution in [1.82, 2.24) is 0 Å². The second-order valence-electron chi connectivity index (χ2n) is 3.44. The van der Waals surface area contributed by atoms with E-state index < -0.39 is 0 Å². The maximum absolute atomic E-state index is 11.5. The first kappa shape index (κ1) is 11.7. The average molecular weight is 244 g/mol. The highest BCUT2D eigenvalue weighted by Gasteiger charge is 2.05. The quantitative estimate of drug-likeness (QED) is 0.600. The van der Waals surface area contributed by atoms with Crippen LogP contribution in [0, 0.1) is 0 Å². The lowest BCUT2D eigenvalue weighted by atomic mass is 10.2. The maximum atomic E-state index is 11.5. The minimum atomic E-state index is -0.278. The van der Waals surface area contributed by atoms with Crippen LogP contribution in [0.25, 0.3) is 0 Å². The van der Waals surface area contributed by atoms with E-state index in [4.69, 9.17) is 4.74 Å². The van der Waals surface area contributed by atoms with Gasteiger partial charge in [-0.15, -0.1) is 0 Å². The Hall–Kier alpha value is -1.74. The zero-order valence-electron chi connectivity index (χ0n) is 9.21. The zero-order valence-corrected chi connectivity index (χ0v) is 10.0. The van der Waals surface area contributed by atoms with E-state index >= 15 is 0 Å². The van der Waals surface area contributed by atoms with Gasteiger partial charge in [0, 0.05) is 4.90 Å². The van der Waals surface area contributed by atoms with E-state index in [0.717, 1.165) is 22.2 Å². The van der Waals surface area contributed by atoms with Gasteiger partial charge in [-0.3, -0.25) is 0 Å². The van der Waals surface area contributed by atoms with Crippen LogP contribution in [0.5, 0.6) is 0 Å². The highest BCUT2D eigenvalue weighted by molar-refractivity contribution is 8.13. The summed E-state index contributed by atoms with van der Waals surface area (Å²) in [5.41, 5.74) is 0.995. The number of ether oxygens (including phenoxy) is 1. The van der Waals surface area contributed by atoms with E-state index in [1.165, 1.54) is 0 Å². The molecule has 0 unspecified atom stereocenters. The molecular formula is C14H12O2S. The van der Waals surface area contributed by atoms with Gasteiger partial charge in [0.25, 0.3) is 0 Å². The van der Waals surface area contributed by atoms with Gasteiger partial charge in [0.15, 0.2) is 0 Å². The summed E-state index contributed by atoms with van der Waals surface area (Å²) in [6.45, 7) is 0.319. The summed E-state index contributed by atoms with van der Waals surface area (Å²) < 4.78 is 5.16. The molecule has 0 aliphatic carbocycles. The van der Waals surface area contributed by atoms with Crippen molar-refractivity contribution in [2.75, 3.05) is 0 Å². The number of benzene rings is 2. The molecule has 0 aliphatic heterocycles. The summed E-state index contributed by atoms with van der Waals surface area (Å²) >= 11 is 1.10. The van der Waals surface area contributed by atoms with E-state index in [-0.39, 0.29) is 5.30 Å². The molecule has 0 aromatic heterocycles. The molecule has 2 aromatic carbocycles. The average Bonchev–Trinajstić information content (AvgIpc) is 2.39. The topological polar surface area (TPSA) is 26.3 Å². The lowest BCUT2D eigenvalue weighted by Crippen LogP contribution is -1.97. The fraction of sp³-hybridized carbons (Fsp3) is 0.0714. The van der Waals surface area contributed by atoms with Gasteiger partial charge in [-0.2, -0.15) is 0 Å². The standard InChI is InChI=1S/C14H12O2S/c15-14(17-13-9-5-2-6-10-13)16-11-12-7-3-1-4-8-12/h1-10H,11H2. The van der Waals surface area contributed by atoms with Crippen LogP contribution in [0.3, 0.4) is 0 Å². The zero-order chi connectivity index (χ0) is 11.9. The van der Waals surface area contributed by atoms with Gasteiger partial charge in [-0.1, -0.05) is 48.5 Å². The molecule has 86 valence electrons. The third kappa shape index (κ3) is 3.96. The van der Waals surface area contributed by atoms with E-state index in [1.807, 2.05) is 60.7 Å². The Kier molecular flexibility index (Phi) is 4.22. The van der Waals surface area contributed by atoms with Crippen LogP contribution in [0.15, 0.2) is 65.6 Å². The Morgan fingerprint density at radius 3 is 2.18 bits per heavy atom. The minimum absolute atomic E-state index is 0.278. The molecule has 2 nitrogen and oxygen atoms in total. The van der Waals surface area contributed by atoms with Crippen LogP contribution in [0.2, 0.25) is 0 Å². The van der Waals surface area contributed by atoms with Crippen LogP contribution >= 0.6 is 11.8 Å². The van der Waals surface area contributed by atoms with Crippen LogP contribution in [0.1, 0.15) is 5.56 Å². The lowest BCUT2D eigenvalue weighted by Gasteiger charge is -2.03. The predicted octanol–water partition coefficient (Wildman–Crippen LogP) is 4.12. The van der Waals surface area contributed by atoms with Crippen LogP contribution in [-0.2, 0) is 11.3 Å². The molecule has 0 bridgehead atoms. The van der Waals surface area contributed by atoms with Crippen LogP contribution < -0.4 is 0 Å². The van der Waals surface area contributed by atoms with Crippen molar-refractivity contribution < 1.29 is 9.53 Å². The molecule has 0 aliphatic rings. The third-order valence-electron chi connectivity index (χ3n) is 2.14. The Labute approximate surface area is 105 Å². The third-order valence-corrected chi connectivity index (χ3v) is 2.94. The summed E-state index contributed by atoms with van der Waals surface area (Å²) in [6, 6.07) is 19.1. The SMILES string of the molecule is O=C(OCc1ccccc1)Sc1ccccc1. The second-order valence-corrected chi connectivity index (χ2v) is 4.45. The Bertz CT molecular complexity index is 468. The van der Waals surface area contributed by atoms with Crippen LogP contribution in [-0.4, -0.2) is 5.30 Å². The summed E-state index contributed by atoms with van der Waals surface area (Å²) in [5, 5.41) is -0.278. The molecule has 0 radical (unpaired) electrons. The number of thioether (sulfide) groups is 1. The molecular weight excluding hydrogens is 232 g/mol. The molecule has 0 saturated carbocycles. The maximum Gasteiger partial charge on any atom is 0.372 e. The summed E-state index contributed by atoms with van der Waals surface area (Å²) in [6.07, 6.45) is 0. The highest BCUT2D eigenvalue weighted by atomic mass is 32.2. The normalized spacial score (nSPS) is 9.88.